The number of alkyl carbamates (subject to hydrolysis) is 1. The molecule has 2 aromatic rings. The van der Waals surface area contributed by atoms with Crippen LogP contribution in [0.25, 0.3) is 0 Å². The van der Waals surface area contributed by atoms with Crippen molar-refractivity contribution < 1.29 is 24.2 Å². The maximum absolute atomic E-state index is 11.9. The fourth-order valence-electron chi connectivity index (χ4n) is 2.53. The van der Waals surface area contributed by atoms with Gasteiger partial charge < -0.3 is 19.9 Å². The highest BCUT2D eigenvalue weighted by molar-refractivity contribution is 5.81. The molecule has 0 aliphatic carbocycles. The fourth-order valence-corrected chi connectivity index (χ4v) is 2.53. The monoisotopic (exact) mass is 327 g/mol. The molecule has 0 saturated carbocycles. The van der Waals surface area contributed by atoms with E-state index in [-0.39, 0.29) is 6.61 Å². The van der Waals surface area contributed by atoms with Crippen molar-refractivity contribution in [3.8, 4) is 5.75 Å². The van der Waals surface area contributed by atoms with E-state index < -0.39 is 18.1 Å². The van der Waals surface area contributed by atoms with Crippen LogP contribution < -0.4 is 10.1 Å². The molecule has 1 aliphatic rings. The first-order valence-electron chi connectivity index (χ1n) is 7.59. The largest absolute Gasteiger partial charge is 0.493 e. The Morgan fingerprint density at radius 1 is 1.21 bits per heavy atom. The zero-order valence-electron chi connectivity index (χ0n) is 12.9. The van der Waals surface area contributed by atoms with E-state index in [9.17, 15) is 14.7 Å². The van der Waals surface area contributed by atoms with Gasteiger partial charge in [-0.2, -0.15) is 0 Å². The number of carboxylic acids is 1. The molecule has 0 fully saturated rings. The average Bonchev–Trinajstić information content (AvgIpc) is 3.06. The lowest BCUT2D eigenvalue weighted by Gasteiger charge is -2.16. The standard InChI is InChI=1S/C18H17NO5/c20-17(21)16(14-7-6-13-8-9-23-15(13)10-14)19-18(22)24-11-12-4-2-1-3-5-12/h1-7,10,16H,8-9,11H2,(H,19,22)(H,20,21)/t16-/m0/s1. The third-order valence-corrected chi connectivity index (χ3v) is 3.78. The zero-order chi connectivity index (χ0) is 16.9. The number of carbonyl (C=O) groups is 2. The Morgan fingerprint density at radius 3 is 2.75 bits per heavy atom. The van der Waals surface area contributed by atoms with E-state index in [1.54, 1.807) is 12.1 Å². The highest BCUT2D eigenvalue weighted by atomic mass is 16.5. The molecule has 1 aliphatic heterocycles. The van der Waals surface area contributed by atoms with E-state index in [0.29, 0.717) is 17.9 Å². The molecule has 3 rings (SSSR count). The fraction of sp³-hybridized carbons (Fsp3) is 0.222. The molecule has 0 unspecified atom stereocenters. The lowest BCUT2D eigenvalue weighted by molar-refractivity contribution is -0.139. The summed E-state index contributed by atoms with van der Waals surface area (Å²) in [6.07, 6.45) is 0.0209. The lowest BCUT2D eigenvalue weighted by Crippen LogP contribution is -2.34. The van der Waals surface area contributed by atoms with Crippen LogP contribution in [-0.4, -0.2) is 23.8 Å². The van der Waals surface area contributed by atoms with Crippen LogP contribution in [0.2, 0.25) is 0 Å². The van der Waals surface area contributed by atoms with Crippen LogP contribution in [0.4, 0.5) is 4.79 Å². The minimum Gasteiger partial charge on any atom is -0.493 e. The normalized spacial score (nSPS) is 13.5. The molecule has 0 aromatic heterocycles. The minimum absolute atomic E-state index is 0.0757. The molecule has 2 N–H and O–H groups in total. The first kappa shape index (κ1) is 15.9. The number of benzene rings is 2. The van der Waals surface area contributed by atoms with Crippen molar-refractivity contribution in [2.75, 3.05) is 6.61 Å². The summed E-state index contributed by atoms with van der Waals surface area (Å²) in [6.45, 7) is 0.662. The van der Waals surface area contributed by atoms with E-state index in [2.05, 4.69) is 5.32 Å². The number of rotatable bonds is 5. The minimum atomic E-state index is -1.19. The van der Waals surface area contributed by atoms with E-state index >= 15 is 0 Å². The van der Waals surface area contributed by atoms with Gasteiger partial charge in [-0.3, -0.25) is 0 Å². The summed E-state index contributed by atoms with van der Waals surface area (Å²) in [5.41, 5.74) is 2.31. The second kappa shape index (κ2) is 7.04. The summed E-state index contributed by atoms with van der Waals surface area (Å²) in [4.78, 5) is 23.4. The van der Waals surface area contributed by atoms with Crippen LogP contribution in [0.1, 0.15) is 22.7 Å². The summed E-state index contributed by atoms with van der Waals surface area (Å²) in [7, 11) is 0. The Morgan fingerprint density at radius 2 is 2.00 bits per heavy atom. The van der Waals surface area contributed by atoms with Crippen LogP contribution >= 0.6 is 0 Å². The van der Waals surface area contributed by atoms with Gasteiger partial charge >= 0.3 is 12.1 Å². The first-order chi connectivity index (χ1) is 11.6. The van der Waals surface area contributed by atoms with Gasteiger partial charge in [-0.25, -0.2) is 9.59 Å². The molecular formula is C18H17NO5. The van der Waals surface area contributed by atoms with E-state index in [4.69, 9.17) is 9.47 Å². The second-order valence-corrected chi connectivity index (χ2v) is 5.44. The molecule has 6 heteroatoms. The van der Waals surface area contributed by atoms with Crippen LogP contribution in [0.3, 0.4) is 0 Å². The molecule has 1 heterocycles. The molecule has 124 valence electrons. The van der Waals surface area contributed by atoms with Gasteiger partial charge in [0.15, 0.2) is 6.04 Å². The van der Waals surface area contributed by atoms with Gasteiger partial charge in [-0.05, 0) is 22.8 Å². The van der Waals surface area contributed by atoms with Gasteiger partial charge in [-0.1, -0.05) is 42.5 Å². The molecule has 24 heavy (non-hydrogen) atoms. The van der Waals surface area contributed by atoms with Gasteiger partial charge in [0.2, 0.25) is 0 Å². The number of aliphatic carboxylic acids is 1. The number of nitrogens with one attached hydrogen (secondary N) is 1. The van der Waals surface area contributed by atoms with Crippen LogP contribution in [0, 0.1) is 0 Å². The van der Waals surface area contributed by atoms with Crippen LogP contribution in [0.5, 0.6) is 5.75 Å². The average molecular weight is 327 g/mol. The quantitative estimate of drug-likeness (QED) is 0.882. The van der Waals surface area contributed by atoms with Crippen molar-refractivity contribution in [3.05, 3.63) is 65.2 Å². The summed E-state index contributed by atoms with van der Waals surface area (Å²) in [5, 5.41) is 11.8. The van der Waals surface area contributed by atoms with Crippen molar-refractivity contribution in [1.29, 1.82) is 0 Å². The molecule has 0 saturated heterocycles. The molecule has 0 radical (unpaired) electrons. The van der Waals surface area contributed by atoms with Gasteiger partial charge in [0.05, 0.1) is 6.61 Å². The zero-order valence-corrected chi connectivity index (χ0v) is 12.9. The highest BCUT2D eigenvalue weighted by Gasteiger charge is 2.25. The molecule has 6 nitrogen and oxygen atoms in total. The number of ether oxygens (including phenoxy) is 2. The third kappa shape index (κ3) is 3.65. The Bertz CT molecular complexity index is 744. The van der Waals surface area contributed by atoms with Crippen molar-refractivity contribution >= 4 is 12.1 Å². The SMILES string of the molecule is O=C(N[C@H](C(=O)O)c1ccc2c(c1)OCC2)OCc1ccccc1. The van der Waals surface area contributed by atoms with E-state index in [0.717, 1.165) is 17.5 Å². The third-order valence-electron chi connectivity index (χ3n) is 3.78. The van der Waals surface area contributed by atoms with Gasteiger partial charge in [0.1, 0.15) is 12.4 Å². The number of amides is 1. The predicted octanol–water partition coefficient (Wildman–Crippen LogP) is 2.67. The Balaban J connectivity index is 1.65. The Kier molecular flexibility index (Phi) is 4.65. The molecule has 2 aromatic carbocycles. The smallest absolute Gasteiger partial charge is 0.408 e. The molecular weight excluding hydrogens is 310 g/mol. The number of fused-ring (bicyclic) bond motifs is 1. The number of carbonyl (C=O) groups excluding carboxylic acids is 1. The molecule has 1 amide bonds. The topological polar surface area (TPSA) is 84.9 Å². The second-order valence-electron chi connectivity index (χ2n) is 5.44. The first-order valence-corrected chi connectivity index (χ1v) is 7.59. The number of hydrogen-bond donors (Lipinski definition) is 2. The molecule has 1 atom stereocenters. The summed E-state index contributed by atoms with van der Waals surface area (Å²) < 4.78 is 10.5. The maximum Gasteiger partial charge on any atom is 0.408 e. The van der Waals surface area contributed by atoms with Crippen LogP contribution in [-0.2, 0) is 22.6 Å². The number of hydrogen-bond acceptors (Lipinski definition) is 4. The molecule has 0 bridgehead atoms. The van der Waals surface area contributed by atoms with Crippen molar-refractivity contribution in [3.63, 3.8) is 0 Å². The predicted molar refractivity (Wildman–Crippen MR) is 85.8 cm³/mol. The van der Waals surface area contributed by atoms with Crippen molar-refractivity contribution in [2.45, 2.75) is 19.1 Å². The summed E-state index contributed by atoms with van der Waals surface area (Å²) in [5.74, 6) is -0.497. The maximum atomic E-state index is 11.9. The van der Waals surface area contributed by atoms with E-state index in [1.807, 2.05) is 36.4 Å². The van der Waals surface area contributed by atoms with Gasteiger partial charge in [-0.15, -0.1) is 0 Å². The lowest BCUT2D eigenvalue weighted by atomic mass is 10.0. The Labute approximate surface area is 139 Å². The highest BCUT2D eigenvalue weighted by Crippen LogP contribution is 2.28. The number of carboxylic acid groups (broad SMARTS) is 1. The van der Waals surface area contributed by atoms with Crippen molar-refractivity contribution in [1.82, 2.24) is 5.32 Å². The Hall–Kier alpha value is -3.02. The summed E-state index contributed by atoms with van der Waals surface area (Å²) >= 11 is 0. The van der Waals surface area contributed by atoms with Crippen molar-refractivity contribution in [2.24, 2.45) is 0 Å². The van der Waals surface area contributed by atoms with Gasteiger partial charge in [0, 0.05) is 6.42 Å². The summed E-state index contributed by atoms with van der Waals surface area (Å²) in [6, 6.07) is 13.1. The molecule has 0 spiro atoms. The van der Waals surface area contributed by atoms with E-state index in [1.165, 1.54) is 0 Å². The van der Waals surface area contributed by atoms with Crippen LogP contribution in [0.15, 0.2) is 48.5 Å². The van der Waals surface area contributed by atoms with Gasteiger partial charge in [0.25, 0.3) is 0 Å².